The van der Waals surface area contributed by atoms with Gasteiger partial charge in [0.1, 0.15) is 12.2 Å². The van der Waals surface area contributed by atoms with E-state index in [1.165, 1.54) is 12.3 Å². The summed E-state index contributed by atoms with van der Waals surface area (Å²) in [6.45, 7) is 2.40. The minimum Gasteiger partial charge on any atom is -0.490 e. The van der Waals surface area contributed by atoms with Gasteiger partial charge in [-0.25, -0.2) is 9.78 Å². The fourth-order valence-corrected chi connectivity index (χ4v) is 1.88. The van der Waals surface area contributed by atoms with E-state index in [1.54, 1.807) is 0 Å². The van der Waals surface area contributed by atoms with Crippen LogP contribution in [0.5, 0.6) is 5.75 Å². The van der Waals surface area contributed by atoms with Crippen LogP contribution >= 0.6 is 11.6 Å². The van der Waals surface area contributed by atoms with E-state index in [0.717, 1.165) is 5.56 Å². The Bertz CT molecular complexity index is 587. The average molecular weight is 292 g/mol. The lowest BCUT2D eigenvalue weighted by Crippen LogP contribution is -2.09. The number of carbonyl (C=O) groups is 1. The predicted molar refractivity (Wildman–Crippen MR) is 76.0 cm³/mol. The molecule has 0 unspecified atom stereocenters. The number of hydrogen-bond acceptors (Lipinski definition) is 4. The molecule has 0 amide bonds. The molecule has 0 aliphatic carbocycles. The Hall–Kier alpha value is -2.07. The third-order valence-electron chi connectivity index (χ3n) is 2.58. The molecule has 0 saturated heterocycles. The molecule has 0 bridgehead atoms. The number of ether oxygens (including phenoxy) is 2. The Morgan fingerprint density at radius 1 is 1.25 bits per heavy atom. The summed E-state index contributed by atoms with van der Waals surface area (Å²) in [5.74, 6) is -0.226. The lowest BCUT2D eigenvalue weighted by Gasteiger charge is -2.10. The quantitative estimate of drug-likeness (QED) is 0.625. The van der Waals surface area contributed by atoms with Crippen molar-refractivity contribution in [2.24, 2.45) is 0 Å². The van der Waals surface area contributed by atoms with Crippen LogP contribution in [0.15, 0.2) is 42.6 Å². The van der Waals surface area contributed by atoms with Gasteiger partial charge in [0.05, 0.1) is 6.61 Å². The van der Waals surface area contributed by atoms with Crippen LogP contribution in [0, 0.1) is 0 Å². The highest BCUT2D eigenvalue weighted by molar-refractivity contribution is 6.31. The van der Waals surface area contributed by atoms with E-state index in [2.05, 4.69) is 4.98 Å². The van der Waals surface area contributed by atoms with Gasteiger partial charge >= 0.3 is 5.97 Å². The molecular weight excluding hydrogens is 278 g/mol. The molecule has 0 radical (unpaired) electrons. The summed E-state index contributed by atoms with van der Waals surface area (Å²) in [5, 5.41) is 0.154. The average Bonchev–Trinajstić information content (AvgIpc) is 2.48. The molecule has 104 valence electrons. The summed E-state index contributed by atoms with van der Waals surface area (Å²) in [6, 6.07) is 11.0. The van der Waals surface area contributed by atoms with E-state index < -0.39 is 5.97 Å². The van der Waals surface area contributed by atoms with Crippen LogP contribution in [0.2, 0.25) is 5.15 Å². The Balaban J connectivity index is 2.11. The van der Waals surface area contributed by atoms with Gasteiger partial charge in [0.15, 0.2) is 10.9 Å². The van der Waals surface area contributed by atoms with E-state index in [9.17, 15) is 4.79 Å². The highest BCUT2D eigenvalue weighted by Crippen LogP contribution is 2.27. The van der Waals surface area contributed by atoms with Gasteiger partial charge in [-0.3, -0.25) is 0 Å². The van der Waals surface area contributed by atoms with Gasteiger partial charge < -0.3 is 9.47 Å². The first-order valence-electron chi connectivity index (χ1n) is 6.20. The molecule has 2 rings (SSSR count). The Kier molecular flexibility index (Phi) is 4.96. The van der Waals surface area contributed by atoms with Crippen LogP contribution in [0.4, 0.5) is 0 Å². The minimum absolute atomic E-state index is 0.154. The zero-order valence-corrected chi connectivity index (χ0v) is 11.8. The zero-order chi connectivity index (χ0) is 14.4. The monoisotopic (exact) mass is 291 g/mol. The molecule has 0 saturated carbocycles. The molecule has 0 atom stereocenters. The first-order valence-corrected chi connectivity index (χ1v) is 6.58. The van der Waals surface area contributed by atoms with Crippen LogP contribution < -0.4 is 4.74 Å². The maximum absolute atomic E-state index is 12.1. The first kappa shape index (κ1) is 14.3. The van der Waals surface area contributed by atoms with Gasteiger partial charge in [0.25, 0.3) is 0 Å². The highest BCUT2D eigenvalue weighted by Gasteiger charge is 2.17. The fraction of sp³-hybridized carbons (Fsp3) is 0.200. The second-order valence-electron chi connectivity index (χ2n) is 3.97. The van der Waals surface area contributed by atoms with Gasteiger partial charge in [0.2, 0.25) is 0 Å². The molecular formula is C15H14ClNO3. The van der Waals surface area contributed by atoms with E-state index in [4.69, 9.17) is 21.1 Å². The summed E-state index contributed by atoms with van der Waals surface area (Å²) >= 11 is 5.93. The Labute approximate surface area is 122 Å². The summed E-state index contributed by atoms with van der Waals surface area (Å²) < 4.78 is 10.6. The molecule has 20 heavy (non-hydrogen) atoms. The van der Waals surface area contributed by atoms with Crippen LogP contribution in [0.25, 0.3) is 0 Å². The van der Waals surface area contributed by atoms with Crippen LogP contribution in [0.1, 0.15) is 22.8 Å². The molecule has 0 spiro atoms. The van der Waals surface area contributed by atoms with Crippen molar-refractivity contribution < 1.29 is 14.3 Å². The number of hydrogen-bond donors (Lipinski definition) is 0. The van der Waals surface area contributed by atoms with Crippen molar-refractivity contribution in [1.29, 1.82) is 0 Å². The smallest absolute Gasteiger partial charge is 0.342 e. The lowest BCUT2D eigenvalue weighted by atomic mass is 10.2. The number of benzene rings is 1. The molecule has 1 aromatic heterocycles. The van der Waals surface area contributed by atoms with E-state index in [-0.39, 0.29) is 23.1 Å². The summed E-state index contributed by atoms with van der Waals surface area (Å²) in [4.78, 5) is 16.0. The third-order valence-corrected chi connectivity index (χ3v) is 2.85. The molecule has 2 aromatic rings. The van der Waals surface area contributed by atoms with Gasteiger partial charge in [-0.15, -0.1) is 0 Å². The van der Waals surface area contributed by atoms with Gasteiger partial charge in [-0.2, -0.15) is 0 Å². The standard InChI is InChI=1S/C15H14ClNO3/c1-2-19-13-12(8-9-17-14(13)16)15(18)20-10-11-6-4-3-5-7-11/h3-9H,2,10H2,1H3. The van der Waals surface area contributed by atoms with Crippen molar-refractivity contribution in [3.05, 3.63) is 58.9 Å². The van der Waals surface area contributed by atoms with Crippen LogP contribution in [-0.2, 0) is 11.3 Å². The lowest BCUT2D eigenvalue weighted by molar-refractivity contribution is 0.0468. The number of esters is 1. The number of aromatic nitrogens is 1. The van der Waals surface area contributed by atoms with Crippen LogP contribution in [0.3, 0.4) is 0 Å². The topological polar surface area (TPSA) is 48.4 Å². The number of carbonyl (C=O) groups excluding carboxylic acids is 1. The summed E-state index contributed by atoms with van der Waals surface area (Å²) in [6.07, 6.45) is 1.45. The second-order valence-corrected chi connectivity index (χ2v) is 4.33. The van der Waals surface area contributed by atoms with Crippen molar-refractivity contribution in [3.63, 3.8) is 0 Å². The Morgan fingerprint density at radius 2 is 2.00 bits per heavy atom. The molecule has 0 fully saturated rings. The molecule has 0 aliphatic rings. The van der Waals surface area contributed by atoms with Crippen molar-refractivity contribution >= 4 is 17.6 Å². The maximum atomic E-state index is 12.1. The molecule has 1 heterocycles. The van der Waals surface area contributed by atoms with Crippen LogP contribution in [-0.4, -0.2) is 17.6 Å². The normalized spacial score (nSPS) is 10.1. The second kappa shape index (κ2) is 6.91. The third kappa shape index (κ3) is 3.48. The van der Waals surface area contributed by atoms with Gasteiger partial charge in [-0.1, -0.05) is 41.9 Å². The minimum atomic E-state index is -0.485. The maximum Gasteiger partial charge on any atom is 0.342 e. The number of halogens is 1. The molecule has 1 aromatic carbocycles. The van der Waals surface area contributed by atoms with Gasteiger partial charge in [0, 0.05) is 6.20 Å². The van der Waals surface area contributed by atoms with Crippen molar-refractivity contribution in [2.45, 2.75) is 13.5 Å². The molecule has 0 aliphatic heterocycles. The summed E-state index contributed by atoms with van der Waals surface area (Å²) in [5.41, 5.74) is 1.20. The summed E-state index contributed by atoms with van der Waals surface area (Å²) in [7, 11) is 0. The Morgan fingerprint density at radius 3 is 2.70 bits per heavy atom. The van der Waals surface area contributed by atoms with Crippen molar-refractivity contribution in [2.75, 3.05) is 6.61 Å². The molecule has 5 heteroatoms. The van der Waals surface area contributed by atoms with Crippen molar-refractivity contribution in [1.82, 2.24) is 4.98 Å². The molecule has 4 nitrogen and oxygen atoms in total. The number of nitrogens with zero attached hydrogens (tertiary/aromatic N) is 1. The highest BCUT2D eigenvalue weighted by atomic mass is 35.5. The molecule has 0 N–H and O–H groups in total. The fourth-order valence-electron chi connectivity index (χ4n) is 1.67. The number of pyridine rings is 1. The first-order chi connectivity index (χ1) is 9.72. The number of rotatable bonds is 5. The van der Waals surface area contributed by atoms with Gasteiger partial charge in [-0.05, 0) is 18.6 Å². The largest absolute Gasteiger partial charge is 0.490 e. The zero-order valence-electron chi connectivity index (χ0n) is 11.0. The predicted octanol–water partition coefficient (Wildman–Crippen LogP) is 3.49. The van der Waals surface area contributed by atoms with Crippen molar-refractivity contribution in [3.8, 4) is 5.75 Å². The van der Waals surface area contributed by atoms with E-state index >= 15 is 0 Å². The van der Waals surface area contributed by atoms with E-state index in [0.29, 0.717) is 6.61 Å². The SMILES string of the molecule is CCOc1c(C(=O)OCc2ccccc2)ccnc1Cl. The van der Waals surface area contributed by atoms with E-state index in [1.807, 2.05) is 37.3 Å².